The number of benzene rings is 1. The van der Waals surface area contributed by atoms with E-state index < -0.39 is 0 Å². The molecular formula is C17H23NO3. The van der Waals surface area contributed by atoms with Gasteiger partial charge in [0.2, 0.25) is 0 Å². The monoisotopic (exact) mass is 289 g/mol. The molecule has 0 saturated heterocycles. The van der Waals surface area contributed by atoms with Crippen molar-refractivity contribution in [2.45, 2.75) is 33.2 Å². The average Bonchev–Trinajstić information content (AvgIpc) is 2.46. The van der Waals surface area contributed by atoms with E-state index in [1.807, 2.05) is 12.1 Å². The SMILES string of the molecule is CCCN(CCO)Cc1cc(=O)oc2cc(CC)ccc12. The lowest BCUT2D eigenvalue weighted by atomic mass is 10.1. The van der Waals surface area contributed by atoms with E-state index in [0.717, 1.165) is 35.9 Å². The van der Waals surface area contributed by atoms with Gasteiger partial charge in [-0.2, -0.15) is 0 Å². The highest BCUT2D eigenvalue weighted by molar-refractivity contribution is 5.80. The smallest absolute Gasteiger partial charge is 0.336 e. The minimum absolute atomic E-state index is 0.124. The van der Waals surface area contributed by atoms with Gasteiger partial charge in [0, 0.05) is 24.5 Å². The fraction of sp³-hybridized carbons (Fsp3) is 0.471. The summed E-state index contributed by atoms with van der Waals surface area (Å²) in [6.45, 7) is 6.47. The molecule has 114 valence electrons. The van der Waals surface area contributed by atoms with Gasteiger partial charge in [-0.15, -0.1) is 0 Å². The second-order valence-corrected chi connectivity index (χ2v) is 5.27. The summed E-state index contributed by atoms with van der Waals surface area (Å²) in [5, 5.41) is 10.1. The predicted molar refractivity (Wildman–Crippen MR) is 84.5 cm³/mol. The molecule has 0 bridgehead atoms. The van der Waals surface area contributed by atoms with Crippen molar-refractivity contribution in [3.8, 4) is 0 Å². The fourth-order valence-electron chi connectivity index (χ4n) is 2.59. The molecule has 2 aromatic rings. The lowest BCUT2D eigenvalue weighted by Crippen LogP contribution is -2.27. The van der Waals surface area contributed by atoms with Crippen LogP contribution in [0.3, 0.4) is 0 Å². The summed E-state index contributed by atoms with van der Waals surface area (Å²) in [5.74, 6) is 0. The third-order valence-electron chi connectivity index (χ3n) is 3.65. The van der Waals surface area contributed by atoms with E-state index in [4.69, 9.17) is 9.52 Å². The van der Waals surface area contributed by atoms with Crippen molar-refractivity contribution in [2.75, 3.05) is 19.7 Å². The van der Waals surface area contributed by atoms with Crippen LogP contribution in [0.5, 0.6) is 0 Å². The van der Waals surface area contributed by atoms with Crippen LogP contribution in [0, 0.1) is 0 Å². The summed E-state index contributed by atoms with van der Waals surface area (Å²) in [4.78, 5) is 13.9. The van der Waals surface area contributed by atoms with Gasteiger partial charge in [-0.05, 0) is 36.6 Å². The molecule has 0 aliphatic rings. The first-order valence-corrected chi connectivity index (χ1v) is 7.56. The molecule has 0 saturated carbocycles. The van der Waals surface area contributed by atoms with Gasteiger partial charge in [0.1, 0.15) is 5.58 Å². The average molecular weight is 289 g/mol. The Morgan fingerprint density at radius 2 is 2.00 bits per heavy atom. The molecule has 0 fully saturated rings. The first-order chi connectivity index (χ1) is 10.2. The Hall–Kier alpha value is -1.65. The molecule has 4 heteroatoms. The fourth-order valence-corrected chi connectivity index (χ4v) is 2.59. The van der Waals surface area contributed by atoms with Gasteiger partial charge in [-0.3, -0.25) is 4.90 Å². The highest BCUT2D eigenvalue weighted by Gasteiger charge is 2.10. The van der Waals surface area contributed by atoms with Crippen LogP contribution < -0.4 is 5.63 Å². The lowest BCUT2D eigenvalue weighted by molar-refractivity contribution is 0.190. The van der Waals surface area contributed by atoms with Crippen LogP contribution in [0.1, 0.15) is 31.4 Å². The molecule has 1 heterocycles. The Kier molecular flexibility index (Phi) is 5.53. The van der Waals surface area contributed by atoms with Gasteiger partial charge in [0.15, 0.2) is 0 Å². The maximum atomic E-state index is 11.8. The standard InChI is InChI=1S/C17H23NO3/c1-3-7-18(8-9-19)12-14-11-17(20)21-16-10-13(4-2)5-6-15(14)16/h5-6,10-11,19H,3-4,7-9,12H2,1-2H3. The lowest BCUT2D eigenvalue weighted by Gasteiger charge is -2.21. The van der Waals surface area contributed by atoms with E-state index in [2.05, 4.69) is 24.8 Å². The topological polar surface area (TPSA) is 53.7 Å². The number of hydrogen-bond donors (Lipinski definition) is 1. The second kappa shape index (κ2) is 7.38. The van der Waals surface area contributed by atoms with Crippen molar-refractivity contribution in [1.29, 1.82) is 0 Å². The van der Waals surface area contributed by atoms with Crippen molar-refractivity contribution in [3.05, 3.63) is 45.8 Å². The summed E-state index contributed by atoms with van der Waals surface area (Å²) in [5.41, 5.74) is 2.46. The molecule has 4 nitrogen and oxygen atoms in total. The van der Waals surface area contributed by atoms with E-state index in [9.17, 15) is 4.79 Å². The number of aliphatic hydroxyl groups excluding tert-OH is 1. The van der Waals surface area contributed by atoms with E-state index in [1.165, 1.54) is 0 Å². The molecule has 21 heavy (non-hydrogen) atoms. The molecule has 0 aliphatic heterocycles. The molecule has 1 aromatic heterocycles. The van der Waals surface area contributed by atoms with E-state index >= 15 is 0 Å². The number of fused-ring (bicyclic) bond motifs is 1. The predicted octanol–water partition coefficient (Wildman–Crippen LogP) is 2.56. The molecule has 0 unspecified atom stereocenters. The molecule has 0 amide bonds. The van der Waals surface area contributed by atoms with Crippen LogP contribution >= 0.6 is 0 Å². The van der Waals surface area contributed by atoms with Crippen molar-refractivity contribution in [3.63, 3.8) is 0 Å². The highest BCUT2D eigenvalue weighted by Crippen LogP contribution is 2.20. The maximum Gasteiger partial charge on any atom is 0.336 e. The number of rotatable bonds is 7. The van der Waals surface area contributed by atoms with Crippen molar-refractivity contribution in [2.24, 2.45) is 0 Å². The second-order valence-electron chi connectivity index (χ2n) is 5.27. The van der Waals surface area contributed by atoms with Crippen LogP contribution in [-0.2, 0) is 13.0 Å². The third-order valence-corrected chi connectivity index (χ3v) is 3.65. The van der Waals surface area contributed by atoms with Crippen LogP contribution in [-0.4, -0.2) is 29.7 Å². The van der Waals surface area contributed by atoms with Crippen LogP contribution in [0.25, 0.3) is 11.0 Å². The molecule has 0 spiro atoms. The molecule has 1 N–H and O–H groups in total. The minimum Gasteiger partial charge on any atom is -0.423 e. The van der Waals surface area contributed by atoms with Gasteiger partial charge in [0.25, 0.3) is 0 Å². The molecule has 1 aromatic carbocycles. The number of nitrogens with zero attached hydrogens (tertiary/aromatic N) is 1. The quantitative estimate of drug-likeness (QED) is 0.796. The summed E-state index contributed by atoms with van der Waals surface area (Å²) < 4.78 is 5.32. The van der Waals surface area contributed by atoms with Crippen LogP contribution in [0.4, 0.5) is 0 Å². The highest BCUT2D eigenvalue weighted by atomic mass is 16.4. The minimum atomic E-state index is -0.314. The summed E-state index contributed by atoms with van der Waals surface area (Å²) in [6, 6.07) is 7.60. The zero-order chi connectivity index (χ0) is 15.2. The Morgan fingerprint density at radius 3 is 2.67 bits per heavy atom. The van der Waals surface area contributed by atoms with Gasteiger partial charge >= 0.3 is 5.63 Å². The Labute approximate surface area is 125 Å². The van der Waals surface area contributed by atoms with Gasteiger partial charge < -0.3 is 9.52 Å². The first kappa shape index (κ1) is 15.7. The van der Waals surface area contributed by atoms with Gasteiger partial charge in [0.05, 0.1) is 6.61 Å². The number of aliphatic hydroxyl groups is 1. The van der Waals surface area contributed by atoms with Crippen LogP contribution in [0.15, 0.2) is 33.5 Å². The molecule has 0 radical (unpaired) electrons. The Morgan fingerprint density at radius 1 is 1.19 bits per heavy atom. The number of aryl methyl sites for hydroxylation is 1. The van der Waals surface area contributed by atoms with Crippen LogP contribution in [0.2, 0.25) is 0 Å². The molecule has 0 aliphatic carbocycles. The Bertz CT molecular complexity index is 642. The van der Waals surface area contributed by atoms with E-state index in [1.54, 1.807) is 6.07 Å². The number of hydrogen-bond acceptors (Lipinski definition) is 4. The van der Waals surface area contributed by atoms with Gasteiger partial charge in [-0.25, -0.2) is 4.79 Å². The molecule has 2 rings (SSSR count). The summed E-state index contributed by atoms with van der Waals surface area (Å²) in [6.07, 6.45) is 1.93. The van der Waals surface area contributed by atoms with Crippen molar-refractivity contribution in [1.82, 2.24) is 4.90 Å². The Balaban J connectivity index is 2.40. The zero-order valence-corrected chi connectivity index (χ0v) is 12.8. The normalized spacial score (nSPS) is 11.4. The van der Waals surface area contributed by atoms with Crippen molar-refractivity contribution < 1.29 is 9.52 Å². The maximum absolute atomic E-state index is 11.8. The van der Waals surface area contributed by atoms with Gasteiger partial charge in [-0.1, -0.05) is 26.0 Å². The largest absolute Gasteiger partial charge is 0.423 e. The molecule has 0 atom stereocenters. The first-order valence-electron chi connectivity index (χ1n) is 7.56. The summed E-state index contributed by atoms with van der Waals surface area (Å²) >= 11 is 0. The van der Waals surface area contributed by atoms with E-state index in [-0.39, 0.29) is 12.2 Å². The summed E-state index contributed by atoms with van der Waals surface area (Å²) in [7, 11) is 0. The van der Waals surface area contributed by atoms with Crippen molar-refractivity contribution >= 4 is 11.0 Å². The molecular weight excluding hydrogens is 266 g/mol. The van der Waals surface area contributed by atoms with E-state index in [0.29, 0.717) is 18.7 Å². The third kappa shape index (κ3) is 3.93. The zero-order valence-electron chi connectivity index (χ0n) is 12.8.